The summed E-state index contributed by atoms with van der Waals surface area (Å²) in [4.78, 5) is 50.1. The molecule has 0 saturated carbocycles. The number of amides is 4. The molecule has 4 amide bonds. The number of carbonyl (C=O) groups excluding carboxylic acids is 4. The second kappa shape index (κ2) is 6.78. The molecule has 0 saturated heterocycles. The van der Waals surface area contributed by atoms with Crippen LogP contribution in [0.25, 0.3) is 0 Å². The maximum Gasteiger partial charge on any atom is 0.249 e. The molecule has 0 aliphatic carbocycles. The van der Waals surface area contributed by atoms with Gasteiger partial charge < -0.3 is 21.3 Å². The number of rotatable bonds is 0. The second-order valence-electron chi connectivity index (χ2n) is 7.39. The zero-order valence-electron chi connectivity index (χ0n) is 15.5. The van der Waals surface area contributed by atoms with Crippen LogP contribution < -0.4 is 21.3 Å². The number of fused-ring (bicyclic) bond motifs is 1. The third-order valence-corrected chi connectivity index (χ3v) is 4.30. The minimum atomic E-state index is -1.47. The van der Waals surface area contributed by atoms with Crippen molar-refractivity contribution in [3.8, 4) is 0 Å². The average Bonchev–Trinajstić information content (AvgIpc) is 2.55. The van der Waals surface area contributed by atoms with Crippen LogP contribution in [-0.4, -0.2) is 35.2 Å². The van der Waals surface area contributed by atoms with E-state index in [0.717, 1.165) is 0 Å². The molecule has 140 valence electrons. The summed E-state index contributed by atoms with van der Waals surface area (Å²) in [5.74, 6) is -2.16. The molecule has 4 N–H and O–H groups in total. The summed E-state index contributed by atoms with van der Waals surface area (Å²) in [7, 11) is 0. The van der Waals surface area contributed by atoms with E-state index in [9.17, 15) is 19.2 Å². The number of anilines is 2. The summed E-state index contributed by atoms with van der Waals surface area (Å²) in [5.41, 5.74) is -1.95. The van der Waals surface area contributed by atoms with Crippen LogP contribution in [-0.2, 0) is 19.2 Å². The molecule has 2 rings (SSSR count). The van der Waals surface area contributed by atoms with Crippen LogP contribution >= 0.6 is 0 Å². The van der Waals surface area contributed by atoms with Crippen LogP contribution in [0.15, 0.2) is 24.3 Å². The van der Waals surface area contributed by atoms with Crippen molar-refractivity contribution in [2.45, 2.75) is 46.2 Å². The van der Waals surface area contributed by atoms with Crippen LogP contribution in [0.2, 0.25) is 0 Å². The zero-order chi connectivity index (χ0) is 19.7. The van der Waals surface area contributed by atoms with Crippen molar-refractivity contribution >= 4 is 35.0 Å². The number of carbonyl (C=O) groups is 4. The van der Waals surface area contributed by atoms with Crippen molar-refractivity contribution in [1.29, 1.82) is 0 Å². The molecule has 26 heavy (non-hydrogen) atoms. The van der Waals surface area contributed by atoms with E-state index in [1.165, 1.54) is 34.6 Å². The van der Waals surface area contributed by atoms with Gasteiger partial charge in [0.05, 0.1) is 11.4 Å². The number of hydrogen-bond acceptors (Lipinski definition) is 4. The Balaban J connectivity index is 2.48. The van der Waals surface area contributed by atoms with Gasteiger partial charge in [-0.15, -0.1) is 0 Å². The first-order valence-electron chi connectivity index (χ1n) is 8.30. The van der Waals surface area contributed by atoms with E-state index in [0.29, 0.717) is 11.4 Å². The minimum absolute atomic E-state index is 0.394. The van der Waals surface area contributed by atoms with Gasteiger partial charge in [-0.05, 0) is 46.8 Å². The fourth-order valence-corrected chi connectivity index (χ4v) is 2.26. The first-order valence-corrected chi connectivity index (χ1v) is 8.30. The molecule has 8 nitrogen and oxygen atoms in total. The fourth-order valence-electron chi connectivity index (χ4n) is 2.26. The Morgan fingerprint density at radius 3 is 1.92 bits per heavy atom. The maximum atomic E-state index is 12.6. The van der Waals surface area contributed by atoms with Crippen molar-refractivity contribution in [2.75, 3.05) is 10.6 Å². The molecule has 0 bridgehead atoms. The molecular formula is C18H24N4O4. The highest BCUT2D eigenvalue weighted by Crippen LogP contribution is 2.24. The molecule has 8 heteroatoms. The van der Waals surface area contributed by atoms with Crippen molar-refractivity contribution in [3.63, 3.8) is 0 Å². The fraction of sp³-hybridized carbons (Fsp3) is 0.444. The summed E-state index contributed by atoms with van der Waals surface area (Å²) < 4.78 is 0. The Morgan fingerprint density at radius 2 is 1.35 bits per heavy atom. The van der Waals surface area contributed by atoms with E-state index in [1.807, 2.05) is 0 Å². The number of nitrogens with one attached hydrogen (secondary N) is 4. The van der Waals surface area contributed by atoms with Gasteiger partial charge in [0.2, 0.25) is 23.6 Å². The Morgan fingerprint density at radius 1 is 0.808 bits per heavy atom. The predicted molar refractivity (Wildman–Crippen MR) is 97.3 cm³/mol. The van der Waals surface area contributed by atoms with E-state index in [1.54, 1.807) is 24.3 Å². The second-order valence-corrected chi connectivity index (χ2v) is 7.39. The normalized spacial score (nSPS) is 23.0. The predicted octanol–water partition coefficient (Wildman–Crippen LogP) is 1.00. The van der Waals surface area contributed by atoms with Crippen LogP contribution in [0.5, 0.6) is 0 Å². The van der Waals surface area contributed by atoms with Gasteiger partial charge in [0, 0.05) is 0 Å². The highest BCUT2D eigenvalue weighted by atomic mass is 16.2. The summed E-state index contributed by atoms with van der Waals surface area (Å²) in [6.45, 7) is 7.47. The van der Waals surface area contributed by atoms with E-state index >= 15 is 0 Å². The van der Waals surface area contributed by atoms with Crippen LogP contribution in [0.3, 0.4) is 0 Å². The topological polar surface area (TPSA) is 116 Å². The first kappa shape index (κ1) is 19.4. The number of hydrogen-bond donors (Lipinski definition) is 4. The van der Waals surface area contributed by atoms with E-state index in [4.69, 9.17) is 0 Å². The van der Waals surface area contributed by atoms with Crippen LogP contribution in [0, 0.1) is 5.41 Å². The van der Waals surface area contributed by atoms with Gasteiger partial charge in [0.25, 0.3) is 0 Å². The Kier molecular flexibility index (Phi) is 5.06. The lowest BCUT2D eigenvalue weighted by Crippen LogP contribution is -2.59. The monoisotopic (exact) mass is 360 g/mol. The van der Waals surface area contributed by atoms with Gasteiger partial charge in [-0.3, -0.25) is 19.2 Å². The largest absolute Gasteiger partial charge is 0.344 e. The third-order valence-electron chi connectivity index (χ3n) is 4.30. The molecule has 1 aromatic carbocycles. The van der Waals surface area contributed by atoms with Crippen molar-refractivity contribution in [3.05, 3.63) is 24.3 Å². The van der Waals surface area contributed by atoms with Crippen molar-refractivity contribution < 1.29 is 19.2 Å². The molecule has 1 aliphatic rings. The lowest BCUT2D eigenvalue weighted by atomic mass is 9.89. The van der Waals surface area contributed by atoms with Gasteiger partial charge >= 0.3 is 0 Å². The summed E-state index contributed by atoms with van der Waals surface area (Å²) >= 11 is 0. The van der Waals surface area contributed by atoms with Crippen LogP contribution in [0.4, 0.5) is 11.4 Å². The lowest BCUT2D eigenvalue weighted by Gasteiger charge is -2.30. The molecule has 1 atom stereocenters. The molecular weight excluding hydrogens is 336 g/mol. The Hall–Kier alpha value is -2.90. The SMILES string of the molecule is CC1NC(=O)C(C)(C)C(=O)NC(C)(C)C(=O)Nc2ccccc2NC1=O. The molecule has 0 radical (unpaired) electrons. The lowest BCUT2D eigenvalue weighted by molar-refractivity contribution is -0.144. The van der Waals surface area contributed by atoms with Crippen LogP contribution in [0.1, 0.15) is 34.6 Å². The first-order chi connectivity index (χ1) is 11.9. The number of benzene rings is 1. The summed E-state index contributed by atoms with van der Waals surface area (Å²) in [6, 6.07) is 5.83. The summed E-state index contributed by atoms with van der Waals surface area (Å²) in [5, 5.41) is 10.5. The molecule has 1 unspecified atom stereocenters. The van der Waals surface area contributed by atoms with E-state index < -0.39 is 40.6 Å². The van der Waals surface area contributed by atoms with Crippen molar-refractivity contribution in [2.24, 2.45) is 5.41 Å². The quantitative estimate of drug-likeness (QED) is 0.517. The molecule has 0 fully saturated rings. The molecule has 0 spiro atoms. The highest BCUT2D eigenvalue weighted by Gasteiger charge is 2.41. The minimum Gasteiger partial charge on any atom is -0.344 e. The highest BCUT2D eigenvalue weighted by molar-refractivity contribution is 6.10. The van der Waals surface area contributed by atoms with E-state index in [-0.39, 0.29) is 0 Å². The van der Waals surface area contributed by atoms with Gasteiger partial charge in [-0.1, -0.05) is 12.1 Å². The molecule has 1 aromatic rings. The Labute approximate surface area is 152 Å². The van der Waals surface area contributed by atoms with Gasteiger partial charge in [0.1, 0.15) is 17.0 Å². The van der Waals surface area contributed by atoms with Gasteiger partial charge in [-0.2, -0.15) is 0 Å². The van der Waals surface area contributed by atoms with Gasteiger partial charge in [-0.25, -0.2) is 0 Å². The van der Waals surface area contributed by atoms with Gasteiger partial charge in [0.15, 0.2) is 0 Å². The molecule has 1 aliphatic heterocycles. The maximum absolute atomic E-state index is 12.6. The Bertz CT molecular complexity index is 770. The zero-order valence-corrected chi connectivity index (χ0v) is 15.5. The summed E-state index contributed by atoms with van der Waals surface area (Å²) in [6.07, 6.45) is 0. The standard InChI is InChI=1S/C18H24N4O4/c1-10-13(23)20-11-8-6-7-9-12(11)21-16(26)18(4,5)22-15(25)17(2,3)14(24)19-10/h6-10H,1-5H3,(H,19,24)(H,20,23)(H,21,26)(H,22,25). The average molecular weight is 360 g/mol. The smallest absolute Gasteiger partial charge is 0.249 e. The number of para-hydroxylation sites is 2. The molecule has 1 heterocycles. The third kappa shape index (κ3) is 3.84. The molecule has 0 aromatic heterocycles. The van der Waals surface area contributed by atoms with E-state index in [2.05, 4.69) is 21.3 Å². The van der Waals surface area contributed by atoms with Crippen molar-refractivity contribution in [1.82, 2.24) is 10.6 Å².